The van der Waals surface area contributed by atoms with Gasteiger partial charge in [-0.3, -0.25) is 0 Å². The molecule has 1 heterocycles. The number of carbonyl (C=O) groups is 1. The van der Waals surface area contributed by atoms with Crippen LogP contribution >= 0.6 is 0 Å². The Balaban J connectivity index is 1.98. The van der Waals surface area contributed by atoms with Crippen LogP contribution < -0.4 is 4.74 Å². The van der Waals surface area contributed by atoms with Crippen LogP contribution in [0.4, 0.5) is 0 Å². The molecule has 0 N–H and O–H groups in total. The topological polar surface area (TPSA) is 35.5 Å². The lowest BCUT2D eigenvalue weighted by Gasteiger charge is -2.05. The van der Waals surface area contributed by atoms with Crippen LogP contribution in [0.25, 0.3) is 11.8 Å². The van der Waals surface area contributed by atoms with E-state index in [2.05, 4.69) is 6.92 Å². The molecule has 3 rings (SSSR count). The first-order valence-electron chi connectivity index (χ1n) is 7.44. The van der Waals surface area contributed by atoms with E-state index in [9.17, 15) is 4.79 Å². The minimum Gasteiger partial charge on any atom is -0.496 e. The van der Waals surface area contributed by atoms with Gasteiger partial charge in [-0.1, -0.05) is 30.3 Å². The quantitative estimate of drug-likeness (QED) is 0.627. The van der Waals surface area contributed by atoms with Crippen molar-refractivity contribution in [2.75, 3.05) is 7.11 Å². The summed E-state index contributed by atoms with van der Waals surface area (Å²) >= 11 is 0. The summed E-state index contributed by atoms with van der Waals surface area (Å²) in [6, 6.07) is 13.6. The van der Waals surface area contributed by atoms with Crippen molar-refractivity contribution in [3.63, 3.8) is 0 Å². The van der Waals surface area contributed by atoms with E-state index < -0.39 is 0 Å². The third kappa shape index (κ3) is 3.04. The summed E-state index contributed by atoms with van der Waals surface area (Å²) in [5.74, 6) is 0.962. The van der Waals surface area contributed by atoms with Gasteiger partial charge in [-0.05, 0) is 49.3 Å². The molecule has 1 aliphatic heterocycles. The third-order valence-electron chi connectivity index (χ3n) is 3.97. The van der Waals surface area contributed by atoms with Crippen LogP contribution in [0, 0.1) is 13.8 Å². The molecule has 2 aromatic rings. The number of esters is 1. The van der Waals surface area contributed by atoms with E-state index in [4.69, 9.17) is 9.47 Å². The summed E-state index contributed by atoms with van der Waals surface area (Å²) in [5.41, 5.74) is 4.65. The number of methoxy groups -OCH3 is 1. The Labute approximate surface area is 135 Å². The van der Waals surface area contributed by atoms with Gasteiger partial charge in [0.1, 0.15) is 11.5 Å². The summed E-state index contributed by atoms with van der Waals surface area (Å²) in [4.78, 5) is 12.1. The molecule has 0 radical (unpaired) electrons. The lowest BCUT2D eigenvalue weighted by Crippen LogP contribution is -1.98. The van der Waals surface area contributed by atoms with Gasteiger partial charge in [0.25, 0.3) is 0 Å². The number of hydrogen-bond acceptors (Lipinski definition) is 3. The van der Waals surface area contributed by atoms with Crippen molar-refractivity contribution in [2.45, 2.75) is 13.8 Å². The van der Waals surface area contributed by atoms with Gasteiger partial charge in [0.15, 0.2) is 0 Å². The number of rotatable bonds is 3. The molecule has 0 spiro atoms. The Bertz CT molecular complexity index is 829. The lowest BCUT2D eigenvalue weighted by molar-refractivity contribution is -0.130. The van der Waals surface area contributed by atoms with Gasteiger partial charge in [0.05, 0.1) is 12.7 Å². The first-order valence-corrected chi connectivity index (χ1v) is 7.44. The zero-order valence-corrected chi connectivity index (χ0v) is 13.4. The van der Waals surface area contributed by atoms with Crippen LogP contribution in [0.3, 0.4) is 0 Å². The molecule has 3 nitrogen and oxygen atoms in total. The molecular formula is C20H18O3. The molecule has 1 aliphatic rings. The fourth-order valence-corrected chi connectivity index (χ4v) is 2.48. The van der Waals surface area contributed by atoms with E-state index >= 15 is 0 Å². The van der Waals surface area contributed by atoms with Gasteiger partial charge in [0.2, 0.25) is 0 Å². The Kier molecular flexibility index (Phi) is 4.02. The molecule has 23 heavy (non-hydrogen) atoms. The molecule has 0 aliphatic carbocycles. The van der Waals surface area contributed by atoms with Crippen LogP contribution in [-0.4, -0.2) is 13.1 Å². The number of para-hydroxylation sites is 1. The van der Waals surface area contributed by atoms with E-state index in [0.717, 1.165) is 16.9 Å². The zero-order valence-electron chi connectivity index (χ0n) is 13.4. The molecule has 0 atom stereocenters. The average Bonchev–Trinajstić information content (AvgIpc) is 2.91. The number of aryl methyl sites for hydroxylation is 2. The van der Waals surface area contributed by atoms with Gasteiger partial charge < -0.3 is 9.47 Å². The maximum atomic E-state index is 12.1. The molecule has 116 valence electrons. The molecule has 0 unspecified atom stereocenters. The normalized spacial score (nSPS) is 15.5. The molecular weight excluding hydrogens is 288 g/mol. The highest BCUT2D eigenvalue weighted by molar-refractivity contribution is 6.05. The first kappa shape index (κ1) is 15.1. The number of hydrogen-bond donors (Lipinski definition) is 0. The summed E-state index contributed by atoms with van der Waals surface area (Å²) in [7, 11) is 1.61. The average molecular weight is 306 g/mol. The van der Waals surface area contributed by atoms with Gasteiger partial charge in [-0.2, -0.15) is 0 Å². The van der Waals surface area contributed by atoms with Gasteiger partial charge >= 0.3 is 5.97 Å². The molecule has 0 aromatic heterocycles. The standard InChI is InChI=1S/C20H18O3/c1-13-8-9-16(10-14(13)2)19-12-17(20(21)23-19)11-15-6-4-5-7-18(15)22-3/h4-12H,1-3H3/b17-11+. The van der Waals surface area contributed by atoms with Crippen LogP contribution in [0.15, 0.2) is 54.1 Å². The van der Waals surface area contributed by atoms with E-state index in [1.54, 1.807) is 19.3 Å². The number of carbonyl (C=O) groups excluding carboxylic acids is 1. The van der Waals surface area contributed by atoms with E-state index in [0.29, 0.717) is 11.3 Å². The minimum absolute atomic E-state index is 0.343. The van der Waals surface area contributed by atoms with E-state index in [1.165, 1.54) is 11.1 Å². The Hall–Kier alpha value is -2.81. The van der Waals surface area contributed by atoms with E-state index in [-0.39, 0.29) is 5.97 Å². The van der Waals surface area contributed by atoms with Gasteiger partial charge in [0, 0.05) is 11.1 Å². The molecule has 0 saturated heterocycles. The molecule has 0 saturated carbocycles. The highest BCUT2D eigenvalue weighted by atomic mass is 16.5. The first-order chi connectivity index (χ1) is 11.1. The number of cyclic esters (lactones) is 1. The smallest absolute Gasteiger partial charge is 0.343 e. The Morgan fingerprint density at radius 1 is 1.04 bits per heavy atom. The SMILES string of the molecule is COc1ccccc1/C=C1\C=C(c2ccc(C)c(C)c2)OC1=O. The molecule has 3 heteroatoms. The second-order valence-electron chi connectivity index (χ2n) is 5.54. The monoisotopic (exact) mass is 306 g/mol. The summed E-state index contributed by atoms with van der Waals surface area (Å²) in [5, 5.41) is 0. The van der Waals surface area contributed by atoms with Crippen LogP contribution in [0.5, 0.6) is 5.75 Å². The Morgan fingerprint density at radius 2 is 1.83 bits per heavy atom. The largest absolute Gasteiger partial charge is 0.496 e. The maximum Gasteiger partial charge on any atom is 0.343 e. The lowest BCUT2D eigenvalue weighted by atomic mass is 10.0. The van der Waals surface area contributed by atoms with Crippen molar-refractivity contribution in [3.05, 3.63) is 76.4 Å². The second kappa shape index (κ2) is 6.13. The van der Waals surface area contributed by atoms with Gasteiger partial charge in [-0.15, -0.1) is 0 Å². The third-order valence-corrected chi connectivity index (χ3v) is 3.97. The predicted molar refractivity (Wildman–Crippen MR) is 91.0 cm³/mol. The van der Waals surface area contributed by atoms with Crippen LogP contribution in [0.2, 0.25) is 0 Å². The summed E-state index contributed by atoms with van der Waals surface area (Å²) in [6.07, 6.45) is 3.56. The highest BCUT2D eigenvalue weighted by Gasteiger charge is 2.22. The van der Waals surface area contributed by atoms with Crippen molar-refractivity contribution in [2.24, 2.45) is 0 Å². The highest BCUT2D eigenvalue weighted by Crippen LogP contribution is 2.30. The molecule has 0 bridgehead atoms. The van der Waals surface area contributed by atoms with Crippen molar-refractivity contribution in [1.29, 1.82) is 0 Å². The fraction of sp³-hybridized carbons (Fsp3) is 0.150. The summed E-state index contributed by atoms with van der Waals surface area (Å²) in [6.45, 7) is 4.10. The zero-order chi connectivity index (χ0) is 16.4. The van der Waals surface area contributed by atoms with Crippen molar-refractivity contribution in [1.82, 2.24) is 0 Å². The molecule has 0 amide bonds. The van der Waals surface area contributed by atoms with Crippen molar-refractivity contribution >= 4 is 17.8 Å². The van der Waals surface area contributed by atoms with Crippen molar-refractivity contribution in [3.8, 4) is 5.75 Å². The molecule has 0 fully saturated rings. The number of benzene rings is 2. The maximum absolute atomic E-state index is 12.1. The van der Waals surface area contributed by atoms with E-state index in [1.807, 2.05) is 49.4 Å². The van der Waals surface area contributed by atoms with Gasteiger partial charge in [-0.25, -0.2) is 4.79 Å². The predicted octanol–water partition coefficient (Wildman–Crippen LogP) is 4.29. The fourth-order valence-electron chi connectivity index (χ4n) is 2.48. The minimum atomic E-state index is -0.343. The summed E-state index contributed by atoms with van der Waals surface area (Å²) < 4.78 is 10.7. The molecule has 2 aromatic carbocycles. The van der Waals surface area contributed by atoms with Crippen LogP contribution in [-0.2, 0) is 9.53 Å². The second-order valence-corrected chi connectivity index (χ2v) is 5.54. The van der Waals surface area contributed by atoms with Crippen molar-refractivity contribution < 1.29 is 14.3 Å². The van der Waals surface area contributed by atoms with Crippen LogP contribution in [0.1, 0.15) is 22.3 Å². The Morgan fingerprint density at radius 3 is 2.57 bits per heavy atom. The number of ether oxygens (including phenoxy) is 2.